The first-order valence-electron chi connectivity index (χ1n) is 9.69. The van der Waals surface area contributed by atoms with E-state index in [0.717, 1.165) is 11.1 Å². The van der Waals surface area contributed by atoms with E-state index in [0.29, 0.717) is 33.4 Å². The van der Waals surface area contributed by atoms with Crippen molar-refractivity contribution in [3.63, 3.8) is 0 Å². The summed E-state index contributed by atoms with van der Waals surface area (Å²) in [6.45, 7) is 3.95. The number of ether oxygens (including phenoxy) is 1. The van der Waals surface area contributed by atoms with Gasteiger partial charge in [-0.15, -0.1) is 0 Å². The number of pyridine rings is 1. The largest absolute Gasteiger partial charge is 0.487 e. The van der Waals surface area contributed by atoms with E-state index in [1.165, 1.54) is 10.5 Å². The molecule has 0 aliphatic carbocycles. The Morgan fingerprint density at radius 1 is 1.06 bits per heavy atom. The van der Waals surface area contributed by atoms with Crippen LogP contribution < -0.4 is 15.6 Å². The van der Waals surface area contributed by atoms with Crippen LogP contribution in [0.1, 0.15) is 27.2 Å². The lowest BCUT2D eigenvalue weighted by Gasteiger charge is -2.12. The molecule has 0 aliphatic rings. The van der Waals surface area contributed by atoms with Crippen LogP contribution in [0.25, 0.3) is 5.65 Å². The van der Waals surface area contributed by atoms with Crippen LogP contribution in [0.4, 0.5) is 5.69 Å². The molecule has 2 aromatic heterocycles. The Bertz CT molecular complexity index is 1330. The normalized spacial score (nSPS) is 10.8. The molecule has 0 saturated heterocycles. The fourth-order valence-electron chi connectivity index (χ4n) is 3.17. The van der Waals surface area contributed by atoms with Crippen molar-refractivity contribution in [2.75, 3.05) is 5.32 Å². The van der Waals surface area contributed by atoms with Crippen molar-refractivity contribution in [3.05, 3.63) is 105 Å². The van der Waals surface area contributed by atoms with E-state index in [4.69, 9.17) is 16.3 Å². The molecular weight excluding hydrogens is 414 g/mol. The number of anilines is 1. The van der Waals surface area contributed by atoms with Gasteiger partial charge in [0.2, 0.25) is 0 Å². The van der Waals surface area contributed by atoms with Crippen LogP contribution in [-0.2, 0) is 6.61 Å². The van der Waals surface area contributed by atoms with Crippen LogP contribution in [0.3, 0.4) is 0 Å². The van der Waals surface area contributed by atoms with Gasteiger partial charge >= 0.3 is 0 Å². The molecule has 0 unspecified atom stereocenters. The third-order valence-corrected chi connectivity index (χ3v) is 5.12. The van der Waals surface area contributed by atoms with Gasteiger partial charge in [0.1, 0.15) is 18.0 Å². The highest BCUT2D eigenvalue weighted by Gasteiger charge is 2.10. The molecule has 0 bridgehead atoms. The number of aromatic nitrogens is 2. The molecule has 4 aromatic rings. The molecule has 0 atom stereocenters. The van der Waals surface area contributed by atoms with Crippen LogP contribution in [0, 0.1) is 13.8 Å². The number of nitrogens with one attached hydrogen (secondary N) is 1. The highest BCUT2D eigenvalue weighted by Crippen LogP contribution is 2.24. The summed E-state index contributed by atoms with van der Waals surface area (Å²) in [5.41, 5.74) is 3.89. The number of carbonyl (C=O) groups is 1. The monoisotopic (exact) mass is 433 g/mol. The van der Waals surface area contributed by atoms with Gasteiger partial charge in [-0.05, 0) is 61.4 Å². The lowest BCUT2D eigenvalue weighted by Crippen LogP contribution is -2.17. The van der Waals surface area contributed by atoms with Crippen molar-refractivity contribution in [1.29, 1.82) is 0 Å². The lowest BCUT2D eigenvalue weighted by molar-refractivity contribution is 0.102. The average molecular weight is 434 g/mol. The molecule has 0 aliphatic heterocycles. The van der Waals surface area contributed by atoms with Crippen molar-refractivity contribution in [1.82, 2.24) is 9.38 Å². The number of carbonyl (C=O) groups excluding carboxylic acids is 1. The summed E-state index contributed by atoms with van der Waals surface area (Å²) in [6.07, 6.45) is 1.69. The van der Waals surface area contributed by atoms with Crippen LogP contribution in [0.2, 0.25) is 5.02 Å². The lowest BCUT2D eigenvalue weighted by atomic mass is 10.1. The summed E-state index contributed by atoms with van der Waals surface area (Å²) in [6, 6.07) is 17.3. The Kier molecular flexibility index (Phi) is 5.73. The van der Waals surface area contributed by atoms with E-state index >= 15 is 0 Å². The second-order valence-electron chi connectivity index (χ2n) is 7.20. The standard InChI is InChI=1S/C24H20ClN3O3/c1-15-5-10-19(27-24(30)17-6-8-18(25)9-7-17)12-21(15)31-14-20-13-22(29)28-11-3-4-16(2)23(28)26-20/h3-13H,14H2,1-2H3,(H,27,30). The van der Waals surface area contributed by atoms with Crippen molar-refractivity contribution in [2.24, 2.45) is 0 Å². The van der Waals surface area contributed by atoms with Crippen LogP contribution in [0.15, 0.2) is 71.7 Å². The molecule has 0 radical (unpaired) electrons. The first-order chi connectivity index (χ1) is 14.9. The second-order valence-corrected chi connectivity index (χ2v) is 7.64. The van der Waals surface area contributed by atoms with Gasteiger partial charge in [-0.2, -0.15) is 0 Å². The number of amides is 1. The number of hydrogen-bond donors (Lipinski definition) is 1. The molecule has 4 rings (SSSR count). The number of hydrogen-bond acceptors (Lipinski definition) is 4. The van der Waals surface area contributed by atoms with E-state index in [-0.39, 0.29) is 18.1 Å². The smallest absolute Gasteiger partial charge is 0.258 e. The summed E-state index contributed by atoms with van der Waals surface area (Å²) < 4.78 is 7.44. The number of benzene rings is 2. The molecule has 0 fully saturated rings. The predicted molar refractivity (Wildman–Crippen MR) is 121 cm³/mol. The van der Waals surface area contributed by atoms with Gasteiger partial charge in [0.25, 0.3) is 11.5 Å². The number of rotatable bonds is 5. The Labute approximate surface area is 184 Å². The highest BCUT2D eigenvalue weighted by molar-refractivity contribution is 6.30. The van der Waals surface area contributed by atoms with Crippen molar-refractivity contribution in [2.45, 2.75) is 20.5 Å². The number of nitrogens with zero attached hydrogens (tertiary/aromatic N) is 2. The van der Waals surface area contributed by atoms with Gasteiger partial charge in [0, 0.05) is 34.6 Å². The molecule has 2 heterocycles. The molecule has 156 valence electrons. The maximum Gasteiger partial charge on any atom is 0.258 e. The molecule has 0 saturated carbocycles. The van der Waals surface area contributed by atoms with Gasteiger partial charge in [0.15, 0.2) is 0 Å². The molecule has 31 heavy (non-hydrogen) atoms. The van der Waals surface area contributed by atoms with Gasteiger partial charge in [-0.3, -0.25) is 14.0 Å². The van der Waals surface area contributed by atoms with Crippen LogP contribution in [-0.4, -0.2) is 15.3 Å². The second kappa shape index (κ2) is 8.62. The third-order valence-electron chi connectivity index (χ3n) is 4.87. The van der Waals surface area contributed by atoms with E-state index in [2.05, 4.69) is 10.3 Å². The fourth-order valence-corrected chi connectivity index (χ4v) is 3.30. The summed E-state index contributed by atoms with van der Waals surface area (Å²) in [7, 11) is 0. The maximum absolute atomic E-state index is 12.5. The molecule has 7 heteroatoms. The molecule has 1 N–H and O–H groups in total. The van der Waals surface area contributed by atoms with E-state index < -0.39 is 0 Å². The minimum atomic E-state index is -0.244. The van der Waals surface area contributed by atoms with Gasteiger partial charge in [-0.1, -0.05) is 23.7 Å². The molecule has 6 nitrogen and oxygen atoms in total. The van der Waals surface area contributed by atoms with E-state index in [9.17, 15) is 9.59 Å². The Balaban J connectivity index is 1.52. The Morgan fingerprint density at radius 2 is 1.84 bits per heavy atom. The summed E-state index contributed by atoms with van der Waals surface area (Å²) in [5, 5.41) is 3.42. The zero-order valence-electron chi connectivity index (χ0n) is 17.1. The van der Waals surface area contributed by atoms with Gasteiger partial charge in [0.05, 0.1) is 5.69 Å². The van der Waals surface area contributed by atoms with Crippen molar-refractivity contribution < 1.29 is 9.53 Å². The number of halogens is 1. The highest BCUT2D eigenvalue weighted by atomic mass is 35.5. The molecule has 0 spiro atoms. The molecule has 2 aromatic carbocycles. The summed E-state index contributed by atoms with van der Waals surface area (Å²) >= 11 is 5.88. The minimum absolute atomic E-state index is 0.134. The quantitative estimate of drug-likeness (QED) is 0.491. The predicted octanol–water partition coefficient (Wildman–Crippen LogP) is 4.80. The first-order valence-corrected chi connectivity index (χ1v) is 10.1. The topological polar surface area (TPSA) is 72.7 Å². The average Bonchev–Trinajstić information content (AvgIpc) is 2.75. The van der Waals surface area contributed by atoms with Crippen LogP contribution in [0.5, 0.6) is 5.75 Å². The summed E-state index contributed by atoms with van der Waals surface area (Å²) in [5.74, 6) is 0.354. The zero-order chi connectivity index (χ0) is 22.0. The van der Waals surface area contributed by atoms with E-state index in [1.807, 2.05) is 32.0 Å². The van der Waals surface area contributed by atoms with E-state index in [1.54, 1.807) is 42.6 Å². The first kappa shape index (κ1) is 20.6. The van der Waals surface area contributed by atoms with Crippen molar-refractivity contribution >= 4 is 28.8 Å². The SMILES string of the molecule is Cc1ccc(NC(=O)c2ccc(Cl)cc2)cc1OCc1cc(=O)n2cccc(C)c2n1. The fraction of sp³-hybridized carbons (Fsp3) is 0.125. The van der Waals surface area contributed by atoms with Crippen LogP contribution >= 0.6 is 11.6 Å². The number of aryl methyl sites for hydroxylation is 2. The number of fused-ring (bicyclic) bond motifs is 1. The third kappa shape index (κ3) is 4.59. The Morgan fingerprint density at radius 3 is 2.61 bits per heavy atom. The molecule has 1 amide bonds. The van der Waals surface area contributed by atoms with Crippen molar-refractivity contribution in [3.8, 4) is 5.75 Å². The zero-order valence-corrected chi connectivity index (χ0v) is 17.8. The summed E-state index contributed by atoms with van der Waals surface area (Å²) in [4.78, 5) is 29.4. The maximum atomic E-state index is 12.5. The molecular formula is C24H20ClN3O3. The minimum Gasteiger partial charge on any atom is -0.487 e. The Hall–Kier alpha value is -3.64. The van der Waals surface area contributed by atoms with Gasteiger partial charge in [-0.25, -0.2) is 4.98 Å². The van der Waals surface area contributed by atoms with Gasteiger partial charge < -0.3 is 10.1 Å².